The smallest absolute Gasteiger partial charge is 0.268 e. The van der Waals surface area contributed by atoms with E-state index in [9.17, 15) is 4.79 Å². The Labute approximate surface area is 112 Å². The van der Waals surface area contributed by atoms with Gasteiger partial charge in [-0.05, 0) is 24.8 Å². The van der Waals surface area contributed by atoms with Crippen LogP contribution in [0.5, 0.6) is 0 Å². The zero-order chi connectivity index (χ0) is 11.7. The van der Waals surface area contributed by atoms with Gasteiger partial charge >= 0.3 is 0 Å². The van der Waals surface area contributed by atoms with Crippen molar-refractivity contribution in [3.63, 3.8) is 0 Å². The Morgan fingerprint density at radius 3 is 2.76 bits per heavy atom. The van der Waals surface area contributed by atoms with Crippen LogP contribution in [0.15, 0.2) is 12.3 Å². The van der Waals surface area contributed by atoms with Crippen molar-refractivity contribution in [2.45, 2.75) is 18.9 Å². The highest BCUT2D eigenvalue weighted by atomic mass is 35.5. The van der Waals surface area contributed by atoms with E-state index >= 15 is 0 Å². The maximum atomic E-state index is 11.9. The van der Waals surface area contributed by atoms with E-state index in [0.29, 0.717) is 23.2 Å². The SMILES string of the molecule is Cl.Cn1cc(Cl)cc1C(=O)NC(CN)C1CC1. The highest BCUT2D eigenvalue weighted by Gasteiger charge is 2.31. The van der Waals surface area contributed by atoms with Gasteiger partial charge in [0.15, 0.2) is 0 Å². The Morgan fingerprint density at radius 1 is 1.71 bits per heavy atom. The van der Waals surface area contributed by atoms with Gasteiger partial charge in [-0.1, -0.05) is 11.6 Å². The van der Waals surface area contributed by atoms with Crippen molar-refractivity contribution < 1.29 is 4.79 Å². The third-order valence-corrected chi connectivity index (χ3v) is 3.17. The predicted octanol–water partition coefficient (Wildman–Crippen LogP) is 1.57. The summed E-state index contributed by atoms with van der Waals surface area (Å²) in [6, 6.07) is 1.76. The second kappa shape index (κ2) is 5.76. The average molecular weight is 278 g/mol. The first kappa shape index (κ1) is 14.4. The van der Waals surface area contributed by atoms with Gasteiger partial charge in [-0.15, -0.1) is 12.4 Å². The number of nitrogens with two attached hydrogens (primary N) is 1. The Kier molecular flexibility index (Phi) is 4.86. The molecule has 6 heteroatoms. The zero-order valence-electron chi connectivity index (χ0n) is 9.65. The van der Waals surface area contributed by atoms with Crippen LogP contribution >= 0.6 is 24.0 Å². The summed E-state index contributed by atoms with van der Waals surface area (Å²) in [5.41, 5.74) is 6.21. The molecule has 4 nitrogen and oxygen atoms in total. The molecular weight excluding hydrogens is 261 g/mol. The molecule has 0 radical (unpaired) electrons. The van der Waals surface area contributed by atoms with Crippen LogP contribution in [0.3, 0.4) is 0 Å². The molecule has 2 rings (SSSR count). The fourth-order valence-corrected chi connectivity index (χ4v) is 2.11. The van der Waals surface area contributed by atoms with E-state index < -0.39 is 0 Å². The number of nitrogens with zero attached hydrogens (tertiary/aromatic N) is 1. The number of nitrogens with one attached hydrogen (secondary N) is 1. The lowest BCUT2D eigenvalue weighted by atomic mass is 10.2. The van der Waals surface area contributed by atoms with E-state index in [-0.39, 0.29) is 24.4 Å². The lowest BCUT2D eigenvalue weighted by Gasteiger charge is -2.16. The molecule has 1 aliphatic rings. The molecule has 1 fully saturated rings. The predicted molar refractivity (Wildman–Crippen MR) is 70.7 cm³/mol. The largest absolute Gasteiger partial charge is 0.346 e. The van der Waals surface area contributed by atoms with Crippen molar-refractivity contribution in [2.75, 3.05) is 6.54 Å². The van der Waals surface area contributed by atoms with E-state index in [1.807, 2.05) is 0 Å². The number of halogens is 2. The first-order chi connectivity index (χ1) is 7.61. The van der Waals surface area contributed by atoms with Crippen LogP contribution in [0.2, 0.25) is 5.02 Å². The number of carbonyl (C=O) groups is 1. The van der Waals surface area contributed by atoms with Crippen LogP contribution in [0.1, 0.15) is 23.3 Å². The molecule has 1 aromatic heterocycles. The van der Waals surface area contributed by atoms with E-state index in [1.54, 1.807) is 23.9 Å². The summed E-state index contributed by atoms with van der Waals surface area (Å²) in [5.74, 6) is 0.460. The Hall–Kier alpha value is -0.710. The highest BCUT2D eigenvalue weighted by molar-refractivity contribution is 6.31. The van der Waals surface area contributed by atoms with Crippen LogP contribution in [-0.2, 0) is 7.05 Å². The van der Waals surface area contributed by atoms with E-state index in [1.165, 1.54) is 0 Å². The standard InChI is InChI=1S/C11H16ClN3O.ClH/c1-15-6-8(12)4-10(15)11(16)14-9(5-13)7-2-3-7;/h4,6-7,9H,2-3,5,13H2,1H3,(H,14,16);1H. The molecule has 0 spiro atoms. The summed E-state index contributed by atoms with van der Waals surface area (Å²) >= 11 is 5.83. The molecule has 3 N–H and O–H groups in total. The lowest BCUT2D eigenvalue weighted by Crippen LogP contribution is -2.42. The third-order valence-electron chi connectivity index (χ3n) is 2.97. The molecule has 1 heterocycles. The van der Waals surface area contributed by atoms with Crippen LogP contribution in [0.25, 0.3) is 0 Å². The second-order valence-electron chi connectivity index (χ2n) is 4.31. The van der Waals surface area contributed by atoms with Crippen molar-refractivity contribution in [3.8, 4) is 0 Å². The normalized spacial score (nSPS) is 16.2. The average Bonchev–Trinajstić information content (AvgIpc) is 3.01. The topological polar surface area (TPSA) is 60.0 Å². The van der Waals surface area contributed by atoms with Gasteiger partial charge in [0.05, 0.1) is 5.02 Å². The molecular formula is C11H17Cl2N3O. The minimum atomic E-state index is -0.100. The zero-order valence-corrected chi connectivity index (χ0v) is 11.2. The van der Waals surface area contributed by atoms with Crippen molar-refractivity contribution in [2.24, 2.45) is 18.7 Å². The fraction of sp³-hybridized carbons (Fsp3) is 0.545. The molecule has 1 unspecified atom stereocenters. The van der Waals surface area contributed by atoms with E-state index in [4.69, 9.17) is 17.3 Å². The van der Waals surface area contributed by atoms with Gasteiger partial charge in [-0.2, -0.15) is 0 Å². The molecule has 0 bridgehead atoms. The van der Waals surface area contributed by atoms with Crippen molar-refractivity contribution in [3.05, 3.63) is 23.0 Å². The Bertz CT molecular complexity index is 401. The monoisotopic (exact) mass is 277 g/mol. The third kappa shape index (κ3) is 3.37. The summed E-state index contributed by atoms with van der Waals surface area (Å²) in [7, 11) is 1.80. The van der Waals surface area contributed by atoms with Crippen LogP contribution in [0.4, 0.5) is 0 Å². The van der Waals surface area contributed by atoms with Crippen LogP contribution in [0, 0.1) is 5.92 Å². The number of aryl methyl sites for hydroxylation is 1. The first-order valence-corrected chi connectivity index (χ1v) is 5.82. The fourth-order valence-electron chi connectivity index (χ4n) is 1.86. The number of amides is 1. The number of carbonyl (C=O) groups excluding carboxylic acids is 1. The number of aromatic nitrogens is 1. The van der Waals surface area contributed by atoms with Crippen molar-refractivity contribution in [1.82, 2.24) is 9.88 Å². The van der Waals surface area contributed by atoms with Crippen LogP contribution < -0.4 is 11.1 Å². The van der Waals surface area contributed by atoms with E-state index in [2.05, 4.69) is 5.32 Å². The molecule has 0 saturated heterocycles. The second-order valence-corrected chi connectivity index (χ2v) is 4.74. The Balaban J connectivity index is 0.00000144. The molecule has 17 heavy (non-hydrogen) atoms. The maximum Gasteiger partial charge on any atom is 0.268 e. The van der Waals surface area contributed by atoms with E-state index in [0.717, 1.165) is 12.8 Å². The highest BCUT2D eigenvalue weighted by Crippen LogP contribution is 2.32. The Morgan fingerprint density at radius 2 is 2.35 bits per heavy atom. The van der Waals surface area contributed by atoms with Gasteiger partial charge in [0.25, 0.3) is 5.91 Å². The number of hydrogen-bond acceptors (Lipinski definition) is 2. The quantitative estimate of drug-likeness (QED) is 0.878. The summed E-state index contributed by atoms with van der Waals surface area (Å²) in [6.45, 7) is 0.495. The summed E-state index contributed by atoms with van der Waals surface area (Å²) in [5, 5.41) is 3.53. The minimum absolute atomic E-state index is 0. The van der Waals surface area contributed by atoms with Gasteiger partial charge in [0, 0.05) is 25.8 Å². The van der Waals surface area contributed by atoms with Gasteiger partial charge < -0.3 is 15.6 Å². The molecule has 1 aromatic rings. The van der Waals surface area contributed by atoms with Crippen molar-refractivity contribution in [1.29, 1.82) is 0 Å². The first-order valence-electron chi connectivity index (χ1n) is 5.44. The summed E-state index contributed by atoms with van der Waals surface area (Å²) < 4.78 is 1.72. The van der Waals surface area contributed by atoms with Gasteiger partial charge in [-0.25, -0.2) is 0 Å². The van der Waals surface area contributed by atoms with Gasteiger partial charge in [-0.3, -0.25) is 4.79 Å². The molecule has 0 aliphatic heterocycles. The lowest BCUT2D eigenvalue weighted by molar-refractivity contribution is 0.0925. The number of hydrogen-bond donors (Lipinski definition) is 2. The molecule has 0 aromatic carbocycles. The summed E-state index contributed by atoms with van der Waals surface area (Å²) in [6.07, 6.45) is 4.04. The number of rotatable bonds is 4. The van der Waals surface area contributed by atoms with Gasteiger partial charge in [0.1, 0.15) is 5.69 Å². The van der Waals surface area contributed by atoms with Crippen LogP contribution in [-0.4, -0.2) is 23.1 Å². The summed E-state index contributed by atoms with van der Waals surface area (Å²) in [4.78, 5) is 11.9. The molecule has 1 saturated carbocycles. The molecule has 96 valence electrons. The molecule has 1 aliphatic carbocycles. The van der Waals surface area contributed by atoms with Crippen molar-refractivity contribution >= 4 is 29.9 Å². The minimum Gasteiger partial charge on any atom is -0.346 e. The molecule has 1 amide bonds. The molecule has 1 atom stereocenters. The van der Waals surface area contributed by atoms with Gasteiger partial charge in [0.2, 0.25) is 0 Å². The maximum absolute atomic E-state index is 11.9.